The minimum atomic E-state index is -1.03. The van der Waals surface area contributed by atoms with Crippen LogP contribution in [0.4, 0.5) is 4.39 Å². The molecule has 0 bridgehead atoms. The summed E-state index contributed by atoms with van der Waals surface area (Å²) in [5.74, 6) is -0.358. The van der Waals surface area contributed by atoms with Crippen LogP contribution in [0, 0.1) is 11.8 Å². The van der Waals surface area contributed by atoms with E-state index in [2.05, 4.69) is 36.4 Å². The average Bonchev–Trinajstić information content (AvgIpc) is 3.32. The van der Waals surface area contributed by atoms with Gasteiger partial charge in [-0.15, -0.1) is 0 Å². The molecule has 0 spiro atoms. The second-order valence-corrected chi connectivity index (χ2v) is 7.96. The van der Waals surface area contributed by atoms with Crippen LogP contribution in [0.3, 0.4) is 0 Å². The summed E-state index contributed by atoms with van der Waals surface area (Å²) < 4.78 is 19.6. The lowest BCUT2D eigenvalue weighted by Gasteiger charge is -2.28. The molecule has 4 atom stereocenters. The van der Waals surface area contributed by atoms with Crippen molar-refractivity contribution in [3.63, 3.8) is 0 Å². The summed E-state index contributed by atoms with van der Waals surface area (Å²) in [7, 11) is 0. The Morgan fingerprint density at radius 2 is 2.24 bits per heavy atom. The summed E-state index contributed by atoms with van der Waals surface area (Å²) in [6, 6.07) is 5.05. The Hall–Kier alpha value is -2.33. The molecule has 0 aliphatic heterocycles. The second kappa shape index (κ2) is 8.19. The van der Waals surface area contributed by atoms with Gasteiger partial charge in [-0.25, -0.2) is 4.39 Å². The van der Waals surface area contributed by atoms with Gasteiger partial charge >= 0.3 is 0 Å². The fourth-order valence-corrected chi connectivity index (χ4v) is 3.83. The molecule has 0 saturated carbocycles. The van der Waals surface area contributed by atoms with Crippen LogP contribution in [0.2, 0.25) is 0 Å². The van der Waals surface area contributed by atoms with Crippen LogP contribution in [-0.4, -0.2) is 38.2 Å². The molecule has 1 aliphatic rings. The quantitative estimate of drug-likeness (QED) is 0.417. The number of aromatic amines is 1. The summed E-state index contributed by atoms with van der Waals surface area (Å²) in [6.07, 6.45) is 5.14. The zero-order chi connectivity index (χ0) is 20.5. The van der Waals surface area contributed by atoms with Crippen LogP contribution in [0.1, 0.15) is 18.9 Å². The monoisotopic (exact) mass is 462 g/mol. The predicted octanol–water partition coefficient (Wildman–Crippen LogP) is 3.60. The van der Waals surface area contributed by atoms with E-state index < -0.39 is 12.3 Å². The van der Waals surface area contributed by atoms with Gasteiger partial charge in [-0.3, -0.25) is 5.32 Å². The first-order valence-corrected chi connectivity index (χ1v) is 9.96. The van der Waals surface area contributed by atoms with Crippen molar-refractivity contribution in [2.24, 2.45) is 11.8 Å². The van der Waals surface area contributed by atoms with Crippen molar-refractivity contribution in [2.75, 3.05) is 6.61 Å². The van der Waals surface area contributed by atoms with Crippen LogP contribution < -0.4 is 5.32 Å². The van der Waals surface area contributed by atoms with Gasteiger partial charge in [-0.05, 0) is 36.3 Å². The molecule has 4 N–H and O–H groups in total. The average molecular weight is 463 g/mol. The third-order valence-electron chi connectivity index (χ3n) is 5.05. The number of benzene rings is 1. The van der Waals surface area contributed by atoms with Crippen LogP contribution in [0.15, 0.2) is 57.4 Å². The van der Waals surface area contributed by atoms with E-state index in [9.17, 15) is 14.6 Å². The SMILES string of the molecule is CC1C=C(F)C=CC1C(O)N[C@@H](CO)c1nc(-c2c[nH]c3ccc(Br)cc23)no1. The first-order chi connectivity index (χ1) is 14.0. The first-order valence-electron chi connectivity index (χ1n) is 9.17. The smallest absolute Gasteiger partial charge is 0.246 e. The van der Waals surface area contributed by atoms with Crippen LogP contribution in [0.25, 0.3) is 22.3 Å². The van der Waals surface area contributed by atoms with Gasteiger partial charge in [0.2, 0.25) is 11.7 Å². The number of hydrogen-bond donors (Lipinski definition) is 4. The van der Waals surface area contributed by atoms with Crippen molar-refractivity contribution in [3.05, 3.63) is 58.8 Å². The molecule has 3 aromatic rings. The predicted molar refractivity (Wildman–Crippen MR) is 109 cm³/mol. The van der Waals surface area contributed by atoms with Gasteiger partial charge in [-0.1, -0.05) is 34.1 Å². The molecule has 152 valence electrons. The Bertz CT molecular complexity index is 1080. The van der Waals surface area contributed by atoms with E-state index in [1.54, 1.807) is 12.3 Å². The Morgan fingerprint density at radius 1 is 1.41 bits per heavy atom. The summed E-state index contributed by atoms with van der Waals surface area (Å²) >= 11 is 3.45. The van der Waals surface area contributed by atoms with E-state index in [1.807, 2.05) is 25.1 Å². The molecule has 9 heteroatoms. The summed E-state index contributed by atoms with van der Waals surface area (Å²) in [6.45, 7) is 1.46. The zero-order valence-corrected chi connectivity index (χ0v) is 17.1. The molecule has 0 amide bonds. The Kier molecular flexibility index (Phi) is 5.64. The number of halogens is 2. The van der Waals surface area contributed by atoms with Gasteiger partial charge < -0.3 is 19.7 Å². The Labute approximate surface area is 174 Å². The number of H-pyrrole nitrogens is 1. The van der Waals surface area contributed by atoms with E-state index in [4.69, 9.17) is 4.52 Å². The highest BCUT2D eigenvalue weighted by Gasteiger charge is 2.29. The molecule has 0 saturated heterocycles. The molecular weight excluding hydrogens is 443 g/mol. The molecule has 4 rings (SSSR count). The van der Waals surface area contributed by atoms with Crippen molar-refractivity contribution >= 4 is 26.8 Å². The number of fused-ring (bicyclic) bond motifs is 1. The summed E-state index contributed by atoms with van der Waals surface area (Å²) in [5, 5.41) is 28.2. The van der Waals surface area contributed by atoms with E-state index in [0.29, 0.717) is 5.82 Å². The number of aliphatic hydroxyl groups excluding tert-OH is 2. The highest BCUT2D eigenvalue weighted by atomic mass is 79.9. The van der Waals surface area contributed by atoms with Gasteiger partial charge in [0.05, 0.1) is 6.61 Å². The minimum Gasteiger partial charge on any atom is -0.394 e. The molecule has 3 unspecified atom stereocenters. The highest BCUT2D eigenvalue weighted by Crippen LogP contribution is 2.30. The molecule has 1 aliphatic carbocycles. The van der Waals surface area contributed by atoms with Crippen molar-refractivity contribution in [2.45, 2.75) is 19.2 Å². The number of aromatic nitrogens is 3. The molecular formula is C20H20BrFN4O3. The Morgan fingerprint density at radius 3 is 3.00 bits per heavy atom. The van der Waals surface area contributed by atoms with Crippen molar-refractivity contribution in [1.29, 1.82) is 0 Å². The van der Waals surface area contributed by atoms with Crippen LogP contribution in [-0.2, 0) is 0 Å². The van der Waals surface area contributed by atoms with Gasteiger partial charge in [0.25, 0.3) is 0 Å². The molecule has 7 nitrogen and oxygen atoms in total. The minimum absolute atomic E-state index is 0.153. The number of aliphatic hydroxyl groups is 2. The van der Waals surface area contributed by atoms with Crippen molar-refractivity contribution in [1.82, 2.24) is 20.4 Å². The first kappa shape index (κ1) is 20.0. The number of nitrogens with one attached hydrogen (secondary N) is 2. The summed E-state index contributed by atoms with van der Waals surface area (Å²) in [5.41, 5.74) is 1.69. The molecule has 0 fully saturated rings. The standard InChI is InChI=1S/C20H20BrFN4O3/c1-10-6-12(22)3-4-13(10)19(28)24-17(9-27)20-25-18(26-29-20)15-8-23-16-5-2-11(21)7-14(15)16/h2-8,10,13,17,19,23-24,27-28H,9H2,1H3/t10?,13?,17-,19?/m0/s1. The van der Waals surface area contributed by atoms with Gasteiger partial charge in [0.1, 0.15) is 18.1 Å². The van der Waals surface area contributed by atoms with Crippen molar-refractivity contribution < 1.29 is 19.1 Å². The maximum Gasteiger partial charge on any atom is 0.246 e. The molecule has 29 heavy (non-hydrogen) atoms. The van der Waals surface area contributed by atoms with Gasteiger partial charge in [-0.2, -0.15) is 4.98 Å². The highest BCUT2D eigenvalue weighted by molar-refractivity contribution is 9.10. The second-order valence-electron chi connectivity index (χ2n) is 7.04. The maximum atomic E-state index is 13.3. The summed E-state index contributed by atoms with van der Waals surface area (Å²) in [4.78, 5) is 7.56. The molecule has 2 aromatic heterocycles. The Balaban J connectivity index is 1.54. The van der Waals surface area contributed by atoms with Crippen LogP contribution in [0.5, 0.6) is 0 Å². The number of rotatable bonds is 6. The van der Waals surface area contributed by atoms with E-state index in [1.165, 1.54) is 12.2 Å². The van der Waals surface area contributed by atoms with Crippen LogP contribution >= 0.6 is 15.9 Å². The lowest BCUT2D eigenvalue weighted by atomic mass is 9.88. The molecule has 1 aromatic carbocycles. The third-order valence-corrected chi connectivity index (χ3v) is 5.54. The number of hydrogen-bond acceptors (Lipinski definition) is 6. The fraction of sp³-hybridized carbons (Fsp3) is 0.300. The zero-order valence-electron chi connectivity index (χ0n) is 15.5. The fourth-order valence-electron chi connectivity index (χ4n) is 3.47. The lowest BCUT2D eigenvalue weighted by Crippen LogP contribution is -2.41. The molecule has 2 heterocycles. The topological polar surface area (TPSA) is 107 Å². The number of allylic oxidation sites excluding steroid dienone is 3. The largest absolute Gasteiger partial charge is 0.394 e. The third kappa shape index (κ3) is 4.04. The number of nitrogens with zero attached hydrogens (tertiary/aromatic N) is 2. The van der Waals surface area contributed by atoms with Gasteiger partial charge in [0.15, 0.2) is 0 Å². The van der Waals surface area contributed by atoms with E-state index in [0.717, 1.165) is 20.9 Å². The lowest BCUT2D eigenvalue weighted by molar-refractivity contribution is 0.0494. The maximum absolute atomic E-state index is 13.3. The van der Waals surface area contributed by atoms with Gasteiger partial charge in [0, 0.05) is 33.1 Å². The normalized spacial score (nSPS) is 21.3. The van der Waals surface area contributed by atoms with Crippen molar-refractivity contribution in [3.8, 4) is 11.4 Å². The van der Waals surface area contributed by atoms with E-state index >= 15 is 0 Å². The molecule has 0 radical (unpaired) electrons. The van der Waals surface area contributed by atoms with E-state index in [-0.39, 0.29) is 30.2 Å².